The Kier molecular flexibility index (Phi) is 3.68. The minimum Gasteiger partial charge on any atom is -0.389 e. The molecule has 0 spiro atoms. The monoisotopic (exact) mass is 282 g/mol. The Labute approximate surface area is 115 Å². The highest BCUT2D eigenvalue weighted by atomic mass is 35.5. The van der Waals surface area contributed by atoms with Crippen LogP contribution in [-0.2, 0) is 0 Å². The summed E-state index contributed by atoms with van der Waals surface area (Å²) in [6.07, 6.45) is 4.91. The van der Waals surface area contributed by atoms with Crippen LogP contribution < -0.4 is 4.90 Å². The first-order chi connectivity index (χ1) is 8.85. The van der Waals surface area contributed by atoms with Gasteiger partial charge in [0.05, 0.1) is 5.60 Å². The van der Waals surface area contributed by atoms with Crippen molar-refractivity contribution in [3.8, 4) is 5.95 Å². The third-order valence-electron chi connectivity index (χ3n) is 2.29. The van der Waals surface area contributed by atoms with Gasteiger partial charge in [-0.1, -0.05) is 0 Å². The lowest BCUT2D eigenvalue weighted by Crippen LogP contribution is -2.37. The van der Waals surface area contributed by atoms with Crippen molar-refractivity contribution in [1.82, 2.24) is 24.5 Å². The molecule has 0 atom stereocenters. The van der Waals surface area contributed by atoms with Crippen LogP contribution in [0.15, 0.2) is 18.7 Å². The van der Waals surface area contributed by atoms with E-state index in [-0.39, 0.29) is 5.28 Å². The highest BCUT2D eigenvalue weighted by Crippen LogP contribution is 2.14. The molecule has 2 rings (SSSR count). The first kappa shape index (κ1) is 13.7. The Morgan fingerprint density at radius 1 is 1.37 bits per heavy atom. The second kappa shape index (κ2) is 5.10. The maximum atomic E-state index is 9.81. The molecule has 2 aromatic heterocycles. The number of hydrogen-bond donors (Lipinski definition) is 1. The molecule has 0 aliphatic carbocycles. The van der Waals surface area contributed by atoms with Gasteiger partial charge in [0, 0.05) is 26.0 Å². The number of nitrogens with zero attached hydrogens (tertiary/aromatic N) is 6. The minimum absolute atomic E-state index is 0.0938. The lowest BCUT2D eigenvalue weighted by molar-refractivity contribution is 0.0882. The molecule has 0 aromatic carbocycles. The molecule has 0 radical (unpaired) electrons. The van der Waals surface area contributed by atoms with Crippen molar-refractivity contribution in [2.45, 2.75) is 19.4 Å². The largest absolute Gasteiger partial charge is 0.389 e. The minimum atomic E-state index is -0.858. The van der Waals surface area contributed by atoms with E-state index >= 15 is 0 Å². The summed E-state index contributed by atoms with van der Waals surface area (Å²) >= 11 is 5.90. The third-order valence-corrected chi connectivity index (χ3v) is 2.45. The van der Waals surface area contributed by atoms with Crippen LogP contribution in [0, 0.1) is 0 Å². The van der Waals surface area contributed by atoms with Crippen molar-refractivity contribution >= 4 is 17.5 Å². The number of aliphatic hydroxyl groups is 1. The zero-order valence-corrected chi connectivity index (χ0v) is 11.7. The molecule has 0 saturated carbocycles. The molecule has 19 heavy (non-hydrogen) atoms. The van der Waals surface area contributed by atoms with E-state index in [1.165, 1.54) is 0 Å². The van der Waals surface area contributed by atoms with Gasteiger partial charge in [-0.3, -0.25) is 4.57 Å². The van der Waals surface area contributed by atoms with Gasteiger partial charge in [-0.15, -0.1) is 0 Å². The average molecular weight is 283 g/mol. The molecular weight excluding hydrogens is 268 g/mol. The van der Waals surface area contributed by atoms with Crippen molar-refractivity contribution in [2.75, 3.05) is 18.5 Å². The molecule has 2 heterocycles. The van der Waals surface area contributed by atoms with Crippen molar-refractivity contribution in [1.29, 1.82) is 0 Å². The van der Waals surface area contributed by atoms with E-state index in [0.29, 0.717) is 18.4 Å². The van der Waals surface area contributed by atoms with E-state index in [1.54, 1.807) is 49.1 Å². The van der Waals surface area contributed by atoms with E-state index in [1.807, 2.05) is 0 Å². The molecular formula is C11H15ClN6O. The number of anilines is 1. The Morgan fingerprint density at radius 2 is 2.11 bits per heavy atom. The van der Waals surface area contributed by atoms with Crippen molar-refractivity contribution in [2.24, 2.45) is 0 Å². The maximum absolute atomic E-state index is 9.81. The van der Waals surface area contributed by atoms with Gasteiger partial charge in [0.15, 0.2) is 0 Å². The summed E-state index contributed by atoms with van der Waals surface area (Å²) in [6, 6.07) is 0. The highest BCUT2D eigenvalue weighted by Gasteiger charge is 2.18. The Morgan fingerprint density at radius 3 is 2.68 bits per heavy atom. The van der Waals surface area contributed by atoms with Gasteiger partial charge in [0.25, 0.3) is 0 Å². The maximum Gasteiger partial charge on any atom is 0.241 e. The predicted molar refractivity (Wildman–Crippen MR) is 71.5 cm³/mol. The number of rotatable bonds is 4. The van der Waals surface area contributed by atoms with Crippen LogP contribution in [0.2, 0.25) is 5.28 Å². The standard InChI is InChI=1S/C11H15ClN6O/c1-11(2,19)6-17(3)9-14-8(12)15-10(16-9)18-5-4-13-7-18/h4-5,7,19H,6H2,1-3H3. The van der Waals surface area contributed by atoms with Crippen LogP contribution in [-0.4, -0.2) is 48.8 Å². The van der Waals surface area contributed by atoms with Crippen molar-refractivity contribution in [3.05, 3.63) is 24.0 Å². The van der Waals surface area contributed by atoms with E-state index in [0.717, 1.165) is 0 Å². The molecule has 1 N–H and O–H groups in total. The summed E-state index contributed by atoms with van der Waals surface area (Å²) < 4.78 is 1.63. The Hall–Kier alpha value is -1.73. The smallest absolute Gasteiger partial charge is 0.241 e. The number of imidazole rings is 1. The molecule has 0 aliphatic heterocycles. The second-order valence-electron chi connectivity index (χ2n) is 4.84. The van der Waals surface area contributed by atoms with Gasteiger partial charge in [-0.25, -0.2) is 4.98 Å². The van der Waals surface area contributed by atoms with Crippen LogP contribution in [0.4, 0.5) is 5.95 Å². The summed E-state index contributed by atoms with van der Waals surface area (Å²) in [5, 5.41) is 9.90. The van der Waals surface area contributed by atoms with Crippen LogP contribution in [0.3, 0.4) is 0 Å². The van der Waals surface area contributed by atoms with Crippen LogP contribution >= 0.6 is 11.6 Å². The van der Waals surface area contributed by atoms with E-state index in [2.05, 4.69) is 19.9 Å². The Bertz CT molecular complexity index is 551. The third kappa shape index (κ3) is 3.62. The van der Waals surface area contributed by atoms with Gasteiger partial charge < -0.3 is 10.0 Å². The zero-order valence-electron chi connectivity index (χ0n) is 10.9. The number of likely N-dealkylation sites (N-methyl/N-ethyl adjacent to an activating group) is 1. The molecule has 7 nitrogen and oxygen atoms in total. The van der Waals surface area contributed by atoms with Gasteiger partial charge in [0.2, 0.25) is 17.2 Å². The quantitative estimate of drug-likeness (QED) is 0.898. The first-order valence-corrected chi connectivity index (χ1v) is 6.06. The molecule has 0 saturated heterocycles. The zero-order chi connectivity index (χ0) is 14.0. The fraction of sp³-hybridized carbons (Fsp3) is 0.455. The number of halogens is 1. The summed E-state index contributed by atoms with van der Waals surface area (Å²) in [5.41, 5.74) is -0.858. The topological polar surface area (TPSA) is 80.0 Å². The van der Waals surface area contributed by atoms with Gasteiger partial charge in [-0.05, 0) is 25.4 Å². The lowest BCUT2D eigenvalue weighted by atomic mass is 10.1. The van der Waals surface area contributed by atoms with Crippen LogP contribution in [0.5, 0.6) is 0 Å². The van der Waals surface area contributed by atoms with Gasteiger partial charge in [-0.2, -0.15) is 15.0 Å². The SMILES string of the molecule is CN(CC(C)(C)O)c1nc(Cl)nc(-n2ccnc2)n1. The first-order valence-electron chi connectivity index (χ1n) is 5.68. The molecule has 102 valence electrons. The fourth-order valence-corrected chi connectivity index (χ4v) is 1.80. The van der Waals surface area contributed by atoms with E-state index in [4.69, 9.17) is 11.6 Å². The predicted octanol–water partition coefficient (Wildman–Crippen LogP) is 0.918. The summed E-state index contributed by atoms with van der Waals surface area (Å²) in [5.74, 6) is 0.779. The average Bonchev–Trinajstić information content (AvgIpc) is 2.79. The molecule has 8 heteroatoms. The summed E-state index contributed by atoms with van der Waals surface area (Å²) in [6.45, 7) is 3.79. The molecule has 0 fully saturated rings. The summed E-state index contributed by atoms with van der Waals surface area (Å²) in [7, 11) is 1.78. The van der Waals surface area contributed by atoms with E-state index < -0.39 is 5.60 Å². The molecule has 0 amide bonds. The second-order valence-corrected chi connectivity index (χ2v) is 5.18. The van der Waals surface area contributed by atoms with Crippen LogP contribution in [0.1, 0.15) is 13.8 Å². The highest BCUT2D eigenvalue weighted by molar-refractivity contribution is 6.28. The summed E-state index contributed by atoms with van der Waals surface area (Å²) in [4.78, 5) is 18.0. The molecule has 0 bridgehead atoms. The Balaban J connectivity index is 2.32. The molecule has 2 aromatic rings. The van der Waals surface area contributed by atoms with Gasteiger partial charge >= 0.3 is 0 Å². The molecule has 0 aliphatic rings. The van der Waals surface area contributed by atoms with E-state index in [9.17, 15) is 5.11 Å². The fourth-order valence-electron chi connectivity index (χ4n) is 1.64. The van der Waals surface area contributed by atoms with Crippen LogP contribution in [0.25, 0.3) is 5.95 Å². The van der Waals surface area contributed by atoms with Crippen molar-refractivity contribution < 1.29 is 5.11 Å². The molecule has 0 unspecified atom stereocenters. The number of aromatic nitrogens is 5. The van der Waals surface area contributed by atoms with Crippen molar-refractivity contribution in [3.63, 3.8) is 0 Å². The van der Waals surface area contributed by atoms with Gasteiger partial charge in [0.1, 0.15) is 6.33 Å². The normalized spacial score (nSPS) is 11.6. The number of hydrogen-bond acceptors (Lipinski definition) is 6. The lowest BCUT2D eigenvalue weighted by Gasteiger charge is -2.25.